The van der Waals surface area contributed by atoms with Crippen LogP contribution in [0.15, 0.2) is 24.3 Å². The van der Waals surface area contributed by atoms with Crippen LogP contribution in [0.2, 0.25) is 0 Å². The quantitative estimate of drug-likeness (QED) is 0.638. The zero-order chi connectivity index (χ0) is 13.5. The van der Waals surface area contributed by atoms with E-state index in [0.717, 1.165) is 5.56 Å². The van der Waals surface area contributed by atoms with Crippen molar-refractivity contribution in [3.8, 4) is 0 Å². The fraction of sp³-hybridized carbons (Fsp3) is 0.462. The van der Waals surface area contributed by atoms with Gasteiger partial charge in [-0.2, -0.15) is 0 Å². The summed E-state index contributed by atoms with van der Waals surface area (Å²) in [5, 5.41) is 12.7. The van der Waals surface area contributed by atoms with Crippen molar-refractivity contribution in [2.75, 3.05) is 32.4 Å². The van der Waals surface area contributed by atoms with Crippen LogP contribution in [0.1, 0.15) is 18.6 Å². The van der Waals surface area contributed by atoms with Gasteiger partial charge in [-0.05, 0) is 24.2 Å². The van der Waals surface area contributed by atoms with Gasteiger partial charge in [0.2, 0.25) is 5.91 Å². The Hall–Kier alpha value is -1.59. The second-order valence-corrected chi connectivity index (χ2v) is 4.19. The molecule has 1 unspecified atom stereocenters. The summed E-state index contributed by atoms with van der Waals surface area (Å²) in [6.45, 7) is 3.35. The van der Waals surface area contributed by atoms with Gasteiger partial charge in [-0.1, -0.05) is 19.1 Å². The number of nitrogens with two attached hydrogens (primary N) is 1. The number of likely N-dealkylation sites (N-methyl/N-ethyl adjacent to an activating group) is 2. The maximum Gasteiger partial charge on any atom is 0.233 e. The summed E-state index contributed by atoms with van der Waals surface area (Å²) in [4.78, 5) is 13.2. The number of amides is 1. The van der Waals surface area contributed by atoms with Crippen LogP contribution in [0, 0.1) is 0 Å². The van der Waals surface area contributed by atoms with E-state index < -0.39 is 6.10 Å². The van der Waals surface area contributed by atoms with Crippen LogP contribution in [-0.4, -0.2) is 42.6 Å². The van der Waals surface area contributed by atoms with E-state index >= 15 is 0 Å². The van der Waals surface area contributed by atoms with E-state index in [1.54, 1.807) is 19.2 Å². The van der Waals surface area contributed by atoms with Gasteiger partial charge in [0.05, 0.1) is 12.6 Å². The molecule has 1 atom stereocenters. The maximum absolute atomic E-state index is 11.3. The van der Waals surface area contributed by atoms with Crippen molar-refractivity contribution in [1.29, 1.82) is 0 Å². The molecule has 100 valence electrons. The molecule has 0 aromatic heterocycles. The maximum atomic E-state index is 11.3. The van der Waals surface area contributed by atoms with Crippen LogP contribution in [0.3, 0.4) is 0 Å². The Labute approximate surface area is 108 Å². The molecule has 1 aromatic carbocycles. The van der Waals surface area contributed by atoms with Crippen LogP contribution in [-0.2, 0) is 4.79 Å². The Morgan fingerprint density at radius 3 is 2.83 bits per heavy atom. The first-order valence-electron chi connectivity index (χ1n) is 6.03. The monoisotopic (exact) mass is 251 g/mol. The fourth-order valence-corrected chi connectivity index (χ4v) is 1.70. The summed E-state index contributed by atoms with van der Waals surface area (Å²) in [5.41, 5.74) is 7.07. The molecule has 1 aromatic rings. The van der Waals surface area contributed by atoms with Gasteiger partial charge in [0.15, 0.2) is 0 Å². The summed E-state index contributed by atoms with van der Waals surface area (Å²) >= 11 is 0. The lowest BCUT2D eigenvalue weighted by Gasteiger charge is -2.23. The molecule has 0 saturated heterocycles. The molecule has 0 heterocycles. The molecule has 4 N–H and O–H groups in total. The lowest BCUT2D eigenvalue weighted by atomic mass is 10.1. The zero-order valence-corrected chi connectivity index (χ0v) is 10.9. The third-order valence-electron chi connectivity index (χ3n) is 2.82. The molecule has 1 amide bonds. The van der Waals surface area contributed by atoms with Crippen LogP contribution in [0.4, 0.5) is 5.69 Å². The highest BCUT2D eigenvalue weighted by Crippen LogP contribution is 2.16. The molecule has 0 fully saturated rings. The van der Waals surface area contributed by atoms with Crippen molar-refractivity contribution in [2.45, 2.75) is 13.0 Å². The topological polar surface area (TPSA) is 78.6 Å². The van der Waals surface area contributed by atoms with Crippen LogP contribution >= 0.6 is 0 Å². The smallest absolute Gasteiger partial charge is 0.233 e. The molecule has 0 aliphatic carbocycles. The highest BCUT2D eigenvalue weighted by molar-refractivity contribution is 5.77. The summed E-state index contributed by atoms with van der Waals surface area (Å²) in [6.07, 6.45) is -0.641. The summed E-state index contributed by atoms with van der Waals surface area (Å²) in [7, 11) is 1.60. The van der Waals surface area contributed by atoms with Gasteiger partial charge in [-0.3, -0.25) is 9.69 Å². The van der Waals surface area contributed by atoms with E-state index in [0.29, 0.717) is 18.8 Å². The number of nitrogens with zero attached hydrogens (tertiary/aromatic N) is 1. The van der Waals surface area contributed by atoms with Gasteiger partial charge < -0.3 is 16.2 Å². The molecule has 0 bridgehead atoms. The van der Waals surface area contributed by atoms with E-state index in [1.165, 1.54) is 0 Å². The molecule has 0 aliphatic heterocycles. The third-order valence-corrected chi connectivity index (χ3v) is 2.82. The summed E-state index contributed by atoms with van der Waals surface area (Å²) < 4.78 is 0. The van der Waals surface area contributed by atoms with Gasteiger partial charge in [-0.25, -0.2) is 0 Å². The number of rotatable bonds is 6. The standard InChI is InChI=1S/C13H21N3O2/c1-3-16(9-13(18)15-2)8-12(17)10-5-4-6-11(14)7-10/h4-7,12,17H,3,8-9,14H2,1-2H3,(H,15,18). The highest BCUT2D eigenvalue weighted by atomic mass is 16.3. The Morgan fingerprint density at radius 1 is 1.56 bits per heavy atom. The van der Waals surface area contributed by atoms with Gasteiger partial charge >= 0.3 is 0 Å². The number of anilines is 1. The Kier molecular flexibility index (Phi) is 5.61. The lowest BCUT2D eigenvalue weighted by Crippen LogP contribution is -2.37. The molecule has 0 saturated carbocycles. The number of nitrogen functional groups attached to an aromatic ring is 1. The lowest BCUT2D eigenvalue weighted by molar-refractivity contribution is -0.122. The number of hydrogen-bond donors (Lipinski definition) is 3. The van der Waals surface area contributed by atoms with Gasteiger partial charge in [0.1, 0.15) is 0 Å². The summed E-state index contributed by atoms with van der Waals surface area (Å²) in [6, 6.07) is 7.16. The van der Waals surface area contributed by atoms with Crippen LogP contribution in [0.5, 0.6) is 0 Å². The molecule has 0 spiro atoms. The predicted molar refractivity (Wildman–Crippen MR) is 72.0 cm³/mol. The highest BCUT2D eigenvalue weighted by Gasteiger charge is 2.14. The van der Waals surface area contributed by atoms with E-state index in [1.807, 2.05) is 24.0 Å². The Balaban J connectivity index is 2.61. The average molecular weight is 251 g/mol. The molecule has 1 rings (SSSR count). The number of aliphatic hydroxyl groups is 1. The number of aliphatic hydroxyl groups excluding tert-OH is 1. The minimum absolute atomic E-state index is 0.0587. The molecule has 5 nitrogen and oxygen atoms in total. The second kappa shape index (κ2) is 6.98. The molecule has 5 heteroatoms. The molecular weight excluding hydrogens is 230 g/mol. The van der Waals surface area contributed by atoms with Crippen molar-refractivity contribution in [1.82, 2.24) is 10.2 Å². The number of hydrogen-bond acceptors (Lipinski definition) is 4. The van der Waals surface area contributed by atoms with Gasteiger partial charge in [0.25, 0.3) is 0 Å². The van der Waals surface area contributed by atoms with Crippen molar-refractivity contribution in [3.05, 3.63) is 29.8 Å². The summed E-state index contributed by atoms with van der Waals surface area (Å²) in [5.74, 6) is -0.0587. The van der Waals surface area contributed by atoms with Crippen molar-refractivity contribution in [3.63, 3.8) is 0 Å². The van der Waals surface area contributed by atoms with E-state index in [9.17, 15) is 9.90 Å². The predicted octanol–water partition coefficient (Wildman–Crippen LogP) is 0.370. The molecule has 0 aliphatic rings. The fourth-order valence-electron chi connectivity index (χ4n) is 1.70. The largest absolute Gasteiger partial charge is 0.399 e. The third kappa shape index (κ3) is 4.35. The van der Waals surface area contributed by atoms with Crippen LogP contribution < -0.4 is 11.1 Å². The Bertz CT molecular complexity index is 396. The van der Waals surface area contributed by atoms with Gasteiger partial charge in [-0.15, -0.1) is 0 Å². The van der Waals surface area contributed by atoms with E-state index in [2.05, 4.69) is 5.32 Å². The van der Waals surface area contributed by atoms with Crippen molar-refractivity contribution < 1.29 is 9.90 Å². The minimum atomic E-state index is -0.641. The SMILES string of the molecule is CCN(CC(=O)NC)CC(O)c1cccc(N)c1. The first kappa shape index (κ1) is 14.5. The van der Waals surface area contributed by atoms with Crippen LogP contribution in [0.25, 0.3) is 0 Å². The normalized spacial score (nSPS) is 12.4. The van der Waals surface area contributed by atoms with Crippen molar-refractivity contribution >= 4 is 11.6 Å². The Morgan fingerprint density at radius 2 is 2.28 bits per heavy atom. The number of carbonyl (C=O) groups excluding carboxylic acids is 1. The first-order valence-corrected chi connectivity index (χ1v) is 6.03. The number of carbonyl (C=O) groups is 1. The minimum Gasteiger partial charge on any atom is -0.399 e. The second-order valence-electron chi connectivity index (χ2n) is 4.19. The number of nitrogens with one attached hydrogen (secondary N) is 1. The van der Waals surface area contributed by atoms with E-state index in [-0.39, 0.29) is 12.5 Å². The van der Waals surface area contributed by atoms with Gasteiger partial charge in [0, 0.05) is 19.3 Å². The average Bonchev–Trinajstić information content (AvgIpc) is 2.37. The van der Waals surface area contributed by atoms with E-state index in [4.69, 9.17) is 5.73 Å². The molecular formula is C13H21N3O2. The molecule has 18 heavy (non-hydrogen) atoms. The first-order chi connectivity index (χ1) is 8.56. The zero-order valence-electron chi connectivity index (χ0n) is 10.9. The number of benzene rings is 1. The molecule has 0 radical (unpaired) electrons. The van der Waals surface area contributed by atoms with Crippen molar-refractivity contribution in [2.24, 2.45) is 0 Å².